The number of benzene rings is 3. The molecule has 0 atom stereocenters. The van der Waals surface area contributed by atoms with Gasteiger partial charge in [0.1, 0.15) is 17.2 Å². The number of nitrogens with zero attached hydrogens (tertiary/aromatic N) is 1. The molecule has 12 nitrogen and oxygen atoms in total. The molecule has 0 radical (unpaired) electrons. The van der Waals surface area contributed by atoms with Crippen LogP contribution in [-0.4, -0.2) is 95.5 Å². The molecular weight excluding hydrogens is 732 g/mol. The molecule has 1 heterocycles. The number of aliphatic hydroxyl groups is 1. The van der Waals surface area contributed by atoms with Gasteiger partial charge in [-0.3, -0.25) is 9.59 Å². The van der Waals surface area contributed by atoms with Gasteiger partial charge in [0.2, 0.25) is 5.76 Å². The number of halogens is 1. The highest BCUT2D eigenvalue weighted by Gasteiger charge is 2.31. The van der Waals surface area contributed by atoms with Gasteiger partial charge in [0.15, 0.2) is 5.78 Å². The molecule has 14 heteroatoms. The summed E-state index contributed by atoms with van der Waals surface area (Å²) in [5, 5.41) is 13.2. The van der Waals surface area contributed by atoms with Gasteiger partial charge in [-0.05, 0) is 73.2 Å². The number of hydrogen-bond donors (Lipinski definition) is 2. The highest BCUT2D eigenvalue weighted by atomic mass is 32.2. The fourth-order valence-corrected chi connectivity index (χ4v) is 6.45. The highest BCUT2D eigenvalue weighted by Crippen LogP contribution is 2.48. The van der Waals surface area contributed by atoms with E-state index in [9.17, 15) is 23.9 Å². The lowest BCUT2D eigenvalue weighted by molar-refractivity contribution is -0.141. The van der Waals surface area contributed by atoms with E-state index in [0.29, 0.717) is 86.7 Å². The lowest BCUT2D eigenvalue weighted by Crippen LogP contribution is -2.22. The topological polar surface area (TPSA) is 146 Å². The molecule has 0 bridgehead atoms. The Kier molecular flexibility index (Phi) is 15.7. The number of furan rings is 1. The average molecular weight is 779 g/mol. The van der Waals surface area contributed by atoms with Crippen molar-refractivity contribution in [2.75, 3.05) is 77.0 Å². The van der Waals surface area contributed by atoms with Crippen LogP contribution >= 0.6 is 11.9 Å². The molecule has 0 unspecified atom stereocenters. The molecule has 0 spiro atoms. The predicted molar refractivity (Wildman–Crippen MR) is 208 cm³/mol. The number of ether oxygens (including phenoxy) is 5. The van der Waals surface area contributed by atoms with E-state index in [2.05, 4.69) is 20.4 Å². The van der Waals surface area contributed by atoms with Crippen molar-refractivity contribution >= 4 is 46.3 Å². The van der Waals surface area contributed by atoms with Crippen LogP contribution in [0.5, 0.6) is 0 Å². The van der Waals surface area contributed by atoms with E-state index in [4.69, 9.17) is 23.4 Å². The molecule has 4 aromatic rings. The van der Waals surface area contributed by atoms with E-state index in [-0.39, 0.29) is 24.9 Å². The first-order valence-corrected chi connectivity index (χ1v) is 19.3. The number of allylic oxidation sites excluding steroid dienone is 1. The fraction of sp³-hybridized carbons (Fsp3) is 0.390. The number of ketones is 1. The van der Waals surface area contributed by atoms with Gasteiger partial charge in [-0.1, -0.05) is 30.1 Å². The molecule has 3 aromatic carbocycles. The summed E-state index contributed by atoms with van der Waals surface area (Å²) < 4.78 is 49.6. The zero-order valence-corrected chi connectivity index (χ0v) is 32.1. The molecular formula is C41H47FN2O10S. The van der Waals surface area contributed by atoms with Gasteiger partial charge in [0.25, 0.3) is 5.91 Å². The minimum Gasteiger partial charge on any atom is -0.502 e. The first-order chi connectivity index (χ1) is 26.7. The summed E-state index contributed by atoms with van der Waals surface area (Å²) in [4.78, 5) is 37.0. The lowest BCUT2D eigenvalue weighted by atomic mass is 10.0. The van der Waals surface area contributed by atoms with Gasteiger partial charge in [-0.25, -0.2) is 9.18 Å². The van der Waals surface area contributed by atoms with Gasteiger partial charge in [-0.2, -0.15) is 0 Å². The third-order valence-electron chi connectivity index (χ3n) is 8.69. The maximum absolute atomic E-state index is 13.7. The Morgan fingerprint density at radius 2 is 1.62 bits per heavy atom. The molecule has 5 rings (SSSR count). The van der Waals surface area contributed by atoms with Crippen LogP contribution in [0.1, 0.15) is 57.5 Å². The van der Waals surface area contributed by atoms with Crippen LogP contribution in [0.15, 0.2) is 76.9 Å². The van der Waals surface area contributed by atoms with Crippen LogP contribution in [-0.2, 0) is 35.1 Å². The zero-order chi connectivity index (χ0) is 39.2. The smallest absolute Gasteiger partial charge is 0.373 e. The third-order valence-corrected chi connectivity index (χ3v) is 9.51. The number of esters is 1. The Hall–Kier alpha value is -4.73. The highest BCUT2D eigenvalue weighted by molar-refractivity contribution is 7.99. The predicted octanol–water partition coefficient (Wildman–Crippen LogP) is 7.01. The number of fused-ring (bicyclic) bond motifs is 1. The van der Waals surface area contributed by atoms with E-state index in [1.54, 1.807) is 56.3 Å². The number of aliphatic hydroxyl groups excluding tert-OH is 1. The summed E-state index contributed by atoms with van der Waals surface area (Å²) in [6.07, 6.45) is 5.01. The monoisotopic (exact) mass is 778 g/mol. The lowest BCUT2D eigenvalue weighted by Gasteiger charge is -2.24. The summed E-state index contributed by atoms with van der Waals surface area (Å²) in [5.41, 5.74) is 4.91. The van der Waals surface area contributed by atoms with Gasteiger partial charge in [0, 0.05) is 42.0 Å². The normalized spacial score (nSPS) is 12.9. The molecule has 55 heavy (non-hydrogen) atoms. The van der Waals surface area contributed by atoms with Crippen LogP contribution < -0.4 is 9.62 Å². The van der Waals surface area contributed by atoms with Crippen molar-refractivity contribution in [2.45, 2.75) is 32.3 Å². The number of carbonyl (C=O) groups is 3. The fourth-order valence-electron chi connectivity index (χ4n) is 5.83. The Labute approximate surface area is 324 Å². The number of amides is 1. The number of nitrogens with one attached hydrogen (secondary N) is 1. The first-order valence-electron chi connectivity index (χ1n) is 18.2. The van der Waals surface area contributed by atoms with Crippen molar-refractivity contribution in [1.82, 2.24) is 5.32 Å². The molecule has 1 amide bonds. The number of anilines is 1. The second-order valence-electron chi connectivity index (χ2n) is 12.6. The Morgan fingerprint density at radius 3 is 2.25 bits per heavy atom. The van der Waals surface area contributed by atoms with Gasteiger partial charge in [0.05, 0.1) is 77.3 Å². The summed E-state index contributed by atoms with van der Waals surface area (Å²) in [7, 11) is 1.59. The van der Waals surface area contributed by atoms with Crippen molar-refractivity contribution in [3.8, 4) is 11.3 Å². The second-order valence-corrected chi connectivity index (χ2v) is 13.4. The molecule has 1 saturated carbocycles. The van der Waals surface area contributed by atoms with Crippen molar-refractivity contribution in [1.29, 1.82) is 0 Å². The van der Waals surface area contributed by atoms with Crippen molar-refractivity contribution in [3.05, 3.63) is 101 Å². The molecule has 0 saturated heterocycles. The SMILES string of the molecule is CCOC(=O)/C(O)=C/C(=O)c1cccc(COCCOCCOCCOCCN(SC)c2cc3oc(-c4ccc(F)cc4)c(C(=O)NC)c3cc2C2CC2)c1. The van der Waals surface area contributed by atoms with Crippen LogP contribution in [0.2, 0.25) is 0 Å². The molecule has 2 N–H and O–H groups in total. The molecule has 1 aliphatic rings. The van der Waals surface area contributed by atoms with Gasteiger partial charge in [-0.15, -0.1) is 0 Å². The third kappa shape index (κ3) is 11.6. The maximum atomic E-state index is 13.7. The number of rotatable bonds is 23. The second kappa shape index (κ2) is 20.8. The molecule has 0 aliphatic heterocycles. The van der Waals surface area contributed by atoms with E-state index < -0.39 is 17.5 Å². The molecule has 1 aliphatic carbocycles. The average Bonchev–Trinajstić information content (AvgIpc) is 3.98. The van der Waals surface area contributed by atoms with Crippen LogP contribution in [0.3, 0.4) is 0 Å². The molecule has 294 valence electrons. The molecule has 1 fully saturated rings. The van der Waals surface area contributed by atoms with Crippen LogP contribution in [0.25, 0.3) is 22.3 Å². The minimum atomic E-state index is -0.951. The first kappa shape index (κ1) is 41.4. The zero-order valence-electron chi connectivity index (χ0n) is 31.3. The summed E-state index contributed by atoms with van der Waals surface area (Å²) in [6, 6.07) is 16.7. The Bertz CT molecular complexity index is 1940. The van der Waals surface area contributed by atoms with Crippen molar-refractivity contribution in [3.63, 3.8) is 0 Å². The molecule has 1 aromatic heterocycles. The van der Waals surface area contributed by atoms with Crippen LogP contribution in [0, 0.1) is 5.82 Å². The number of carbonyl (C=O) groups excluding carboxylic acids is 3. The Balaban J connectivity index is 1.01. The van der Waals surface area contributed by atoms with E-state index in [0.717, 1.165) is 41.1 Å². The summed E-state index contributed by atoms with van der Waals surface area (Å²) in [5.74, 6) is -2.03. The number of hydrogen-bond acceptors (Lipinski definition) is 12. The maximum Gasteiger partial charge on any atom is 0.373 e. The minimum absolute atomic E-state index is 0.0903. The van der Waals surface area contributed by atoms with Crippen LogP contribution in [0.4, 0.5) is 10.1 Å². The van der Waals surface area contributed by atoms with Crippen molar-refractivity contribution in [2.24, 2.45) is 0 Å². The quantitative estimate of drug-likeness (QED) is 0.0199. The van der Waals surface area contributed by atoms with Gasteiger partial charge < -0.3 is 42.8 Å². The summed E-state index contributed by atoms with van der Waals surface area (Å²) >= 11 is 1.59. The van der Waals surface area contributed by atoms with Gasteiger partial charge >= 0.3 is 5.97 Å². The largest absolute Gasteiger partial charge is 0.502 e. The van der Waals surface area contributed by atoms with E-state index in [1.807, 2.05) is 18.4 Å². The van der Waals surface area contributed by atoms with Crippen molar-refractivity contribution < 1.29 is 52.0 Å². The Morgan fingerprint density at radius 1 is 0.945 bits per heavy atom. The summed E-state index contributed by atoms with van der Waals surface area (Å²) in [6.45, 7) is 5.41. The van der Waals surface area contributed by atoms with E-state index in [1.165, 1.54) is 12.1 Å². The standard InChI is InChI=1S/C41H47FN2O10S/c1-4-53-41(48)36(46)25-35(45)30-7-5-6-27(22-30)26-52-21-20-51-19-18-50-17-16-49-15-14-44(55-3)34-24-37-33(23-32(34)28-8-9-28)38(40(47)43-2)39(54-37)29-10-12-31(42)13-11-29/h5-7,10-13,22-25,28,46H,4,8-9,14-21,26H2,1-3H3,(H,43,47)/b36-25-. The van der Waals surface area contributed by atoms with E-state index >= 15 is 0 Å².